The summed E-state index contributed by atoms with van der Waals surface area (Å²) >= 11 is 0. The third-order valence-electron chi connectivity index (χ3n) is 9.02. The van der Waals surface area contributed by atoms with Crippen LogP contribution >= 0.6 is 0 Å². The largest absolute Gasteiger partial charge is 0.426 e. The summed E-state index contributed by atoms with van der Waals surface area (Å²) < 4.78 is 5.85. The molecule has 42 heavy (non-hydrogen) atoms. The molecule has 0 heterocycles. The van der Waals surface area contributed by atoms with E-state index in [-0.39, 0.29) is 34.5 Å². The number of hydrogen-bond acceptors (Lipinski definition) is 3. The van der Waals surface area contributed by atoms with Crippen molar-refractivity contribution in [2.24, 2.45) is 11.8 Å². The predicted molar refractivity (Wildman–Crippen MR) is 164 cm³/mol. The summed E-state index contributed by atoms with van der Waals surface area (Å²) in [5.74, 6) is -0.220. The Bertz CT molecular complexity index is 1490. The van der Waals surface area contributed by atoms with Gasteiger partial charge < -0.3 is 10.1 Å². The average Bonchev–Trinajstić information content (AvgIpc) is 3.98. The van der Waals surface area contributed by atoms with Crippen LogP contribution in [0.2, 0.25) is 0 Å². The Morgan fingerprint density at radius 3 is 1.33 bits per heavy atom. The zero-order chi connectivity index (χ0) is 28.6. The van der Waals surface area contributed by atoms with Crippen molar-refractivity contribution in [1.29, 1.82) is 0 Å². The molecule has 5 aromatic carbocycles. The van der Waals surface area contributed by atoms with Crippen LogP contribution in [0.1, 0.15) is 35.1 Å². The average molecular weight is 550 g/mol. The first kappa shape index (κ1) is 26.0. The molecule has 2 fully saturated rings. The molecule has 4 nitrogen and oxygen atoms in total. The van der Waals surface area contributed by atoms with E-state index in [1.165, 1.54) is 0 Å². The number of carbonyl (C=O) groups is 2. The van der Waals surface area contributed by atoms with Crippen LogP contribution in [0.25, 0.3) is 0 Å². The SMILES string of the molecule is O=C(Nc1ccc(OC(=O)[C@@H]2CC2(c2ccccc2)c2ccccc2)cc1)[C@H]1CC1(c1ccccc1)c1ccccc1. The number of hydrogen-bond donors (Lipinski definition) is 1. The molecule has 0 aliphatic heterocycles. The molecule has 4 heteroatoms. The van der Waals surface area contributed by atoms with Gasteiger partial charge in [-0.3, -0.25) is 9.59 Å². The summed E-state index contributed by atoms with van der Waals surface area (Å²) in [6.07, 6.45) is 1.47. The zero-order valence-corrected chi connectivity index (χ0v) is 23.2. The molecule has 2 aliphatic rings. The van der Waals surface area contributed by atoms with E-state index < -0.39 is 0 Å². The lowest BCUT2D eigenvalue weighted by Gasteiger charge is -2.19. The van der Waals surface area contributed by atoms with E-state index in [9.17, 15) is 9.59 Å². The Balaban J connectivity index is 1.04. The number of esters is 1. The molecule has 0 spiro atoms. The lowest BCUT2D eigenvalue weighted by molar-refractivity contribution is -0.136. The zero-order valence-electron chi connectivity index (χ0n) is 23.2. The summed E-state index contributed by atoms with van der Waals surface area (Å²) in [7, 11) is 0. The van der Waals surface area contributed by atoms with E-state index in [2.05, 4.69) is 53.8 Å². The van der Waals surface area contributed by atoms with Crippen LogP contribution in [0.4, 0.5) is 5.69 Å². The molecule has 2 aliphatic carbocycles. The fraction of sp³-hybridized carbons (Fsp3) is 0.158. The molecule has 2 saturated carbocycles. The van der Waals surface area contributed by atoms with Gasteiger partial charge in [0, 0.05) is 16.5 Å². The van der Waals surface area contributed by atoms with Gasteiger partial charge in [0.15, 0.2) is 0 Å². The van der Waals surface area contributed by atoms with E-state index in [1.54, 1.807) is 24.3 Å². The maximum atomic E-state index is 13.4. The second-order valence-corrected chi connectivity index (χ2v) is 11.4. The summed E-state index contributed by atoms with van der Waals surface area (Å²) in [4.78, 5) is 26.8. The Kier molecular flexibility index (Phi) is 6.47. The Hall–Kier alpha value is -4.96. The number of amides is 1. The van der Waals surface area contributed by atoms with Gasteiger partial charge in [-0.05, 0) is 59.4 Å². The van der Waals surface area contributed by atoms with E-state index in [0.717, 1.165) is 28.7 Å². The lowest BCUT2D eigenvalue weighted by atomic mass is 9.85. The standard InChI is InChI=1S/C38H31NO3/c40-35(33-25-37(33,27-13-5-1-6-14-27)28-15-7-2-8-16-28)39-31-21-23-32(24-22-31)42-36(41)34-26-38(34,29-17-9-3-10-18-29)30-19-11-4-12-20-30/h1-24,33-34H,25-26H2,(H,39,40)/t33-,34+/m1/s1. The number of benzene rings is 5. The van der Waals surface area contributed by atoms with Crippen LogP contribution in [-0.4, -0.2) is 11.9 Å². The molecule has 0 unspecified atom stereocenters. The van der Waals surface area contributed by atoms with E-state index >= 15 is 0 Å². The van der Waals surface area contributed by atoms with Crippen molar-refractivity contribution < 1.29 is 14.3 Å². The normalized spacial score (nSPS) is 19.3. The first-order valence-corrected chi connectivity index (χ1v) is 14.5. The van der Waals surface area contributed by atoms with Crippen LogP contribution < -0.4 is 10.1 Å². The Labute approximate surface area is 246 Å². The van der Waals surface area contributed by atoms with Gasteiger partial charge in [0.2, 0.25) is 5.91 Å². The molecule has 0 saturated heterocycles. The summed E-state index contributed by atoms with van der Waals surface area (Å²) in [6, 6.07) is 48.0. The van der Waals surface area contributed by atoms with Gasteiger partial charge in [-0.2, -0.15) is 0 Å². The fourth-order valence-electron chi connectivity index (χ4n) is 6.70. The first-order valence-electron chi connectivity index (χ1n) is 14.5. The molecule has 1 N–H and O–H groups in total. The first-order chi connectivity index (χ1) is 20.6. The molecule has 0 radical (unpaired) electrons. The minimum Gasteiger partial charge on any atom is -0.426 e. The van der Waals surface area contributed by atoms with Crippen molar-refractivity contribution >= 4 is 17.6 Å². The van der Waals surface area contributed by atoms with Crippen molar-refractivity contribution in [3.05, 3.63) is 168 Å². The van der Waals surface area contributed by atoms with Crippen molar-refractivity contribution in [3.8, 4) is 5.75 Å². The molecule has 2 atom stereocenters. The molecular formula is C38H31NO3. The van der Waals surface area contributed by atoms with Gasteiger partial charge >= 0.3 is 5.97 Å². The van der Waals surface area contributed by atoms with Crippen molar-refractivity contribution in [3.63, 3.8) is 0 Å². The quantitative estimate of drug-likeness (QED) is 0.161. The molecular weight excluding hydrogens is 518 g/mol. The van der Waals surface area contributed by atoms with Crippen molar-refractivity contribution in [1.82, 2.24) is 0 Å². The third-order valence-corrected chi connectivity index (χ3v) is 9.02. The highest BCUT2D eigenvalue weighted by Crippen LogP contribution is 2.60. The third kappa shape index (κ3) is 4.50. The van der Waals surface area contributed by atoms with Crippen molar-refractivity contribution in [2.75, 3.05) is 5.32 Å². The molecule has 1 amide bonds. The maximum absolute atomic E-state index is 13.4. The van der Waals surface area contributed by atoms with Crippen LogP contribution in [-0.2, 0) is 20.4 Å². The van der Waals surface area contributed by atoms with E-state index in [1.807, 2.05) is 72.8 Å². The van der Waals surface area contributed by atoms with Gasteiger partial charge in [-0.1, -0.05) is 121 Å². The molecule has 206 valence electrons. The Morgan fingerprint density at radius 2 is 0.905 bits per heavy atom. The van der Waals surface area contributed by atoms with Crippen LogP contribution in [0, 0.1) is 11.8 Å². The van der Waals surface area contributed by atoms with E-state index in [4.69, 9.17) is 4.74 Å². The molecule has 5 aromatic rings. The van der Waals surface area contributed by atoms with Crippen LogP contribution in [0.5, 0.6) is 5.75 Å². The number of nitrogens with one attached hydrogen (secondary N) is 1. The number of rotatable bonds is 8. The minimum absolute atomic E-state index is 0.0130. The van der Waals surface area contributed by atoms with Gasteiger partial charge in [0.25, 0.3) is 0 Å². The molecule has 0 aromatic heterocycles. The van der Waals surface area contributed by atoms with Gasteiger partial charge in [-0.15, -0.1) is 0 Å². The topological polar surface area (TPSA) is 55.4 Å². The second-order valence-electron chi connectivity index (χ2n) is 11.4. The predicted octanol–water partition coefficient (Wildman–Crippen LogP) is 7.54. The minimum atomic E-state index is -0.373. The van der Waals surface area contributed by atoms with E-state index in [0.29, 0.717) is 17.9 Å². The highest BCUT2D eigenvalue weighted by Gasteiger charge is 2.61. The van der Waals surface area contributed by atoms with Gasteiger partial charge in [-0.25, -0.2) is 0 Å². The molecule has 0 bridgehead atoms. The number of anilines is 1. The monoisotopic (exact) mass is 549 g/mol. The summed E-state index contributed by atoms with van der Waals surface area (Å²) in [6.45, 7) is 0. The molecule has 7 rings (SSSR count). The Morgan fingerprint density at radius 1 is 0.524 bits per heavy atom. The summed E-state index contributed by atoms with van der Waals surface area (Å²) in [5, 5.41) is 3.09. The van der Waals surface area contributed by atoms with Crippen LogP contribution in [0.3, 0.4) is 0 Å². The lowest BCUT2D eigenvalue weighted by Crippen LogP contribution is -2.22. The number of carbonyl (C=O) groups excluding carboxylic acids is 2. The fourth-order valence-corrected chi connectivity index (χ4v) is 6.70. The highest BCUT2D eigenvalue weighted by molar-refractivity contribution is 5.97. The van der Waals surface area contributed by atoms with Crippen LogP contribution in [0.15, 0.2) is 146 Å². The van der Waals surface area contributed by atoms with Gasteiger partial charge in [0.1, 0.15) is 5.75 Å². The number of ether oxygens (including phenoxy) is 1. The van der Waals surface area contributed by atoms with Gasteiger partial charge in [0.05, 0.1) is 11.8 Å². The smallest absolute Gasteiger partial charge is 0.315 e. The second kappa shape index (κ2) is 10.5. The summed E-state index contributed by atoms with van der Waals surface area (Å²) in [5.41, 5.74) is 4.53. The van der Waals surface area contributed by atoms with Crippen molar-refractivity contribution in [2.45, 2.75) is 23.7 Å². The highest BCUT2D eigenvalue weighted by atomic mass is 16.5. The maximum Gasteiger partial charge on any atom is 0.315 e.